The zero-order valence-electron chi connectivity index (χ0n) is 13.8. The predicted molar refractivity (Wildman–Crippen MR) is 90.6 cm³/mol. The lowest BCUT2D eigenvalue weighted by Gasteiger charge is -2.16. The number of aliphatic hydroxyl groups excluding tert-OH is 1. The number of aliphatic hydroxyl groups is 1. The molecule has 3 rings (SSSR count). The molecule has 136 valence electrons. The Kier molecular flexibility index (Phi) is 4.93. The summed E-state index contributed by atoms with van der Waals surface area (Å²) in [6, 6.07) is 6.87. The number of benzene rings is 2. The van der Waals surface area contributed by atoms with Crippen molar-refractivity contribution in [1.82, 2.24) is 9.78 Å². The normalized spacial score (nSPS) is 12.3. The lowest BCUT2D eigenvalue weighted by atomic mass is 9.97. The summed E-state index contributed by atoms with van der Waals surface area (Å²) in [7, 11) is 2.78. The van der Waals surface area contributed by atoms with E-state index < -0.39 is 23.6 Å². The first-order valence-electron chi connectivity index (χ1n) is 7.53. The molecule has 1 N–H and O–H groups in total. The Balaban J connectivity index is 2.27. The van der Waals surface area contributed by atoms with Crippen LogP contribution in [-0.4, -0.2) is 22.0 Å². The van der Waals surface area contributed by atoms with E-state index in [-0.39, 0.29) is 33.3 Å². The van der Waals surface area contributed by atoms with Gasteiger partial charge in [0.15, 0.2) is 0 Å². The molecule has 1 aromatic heterocycles. The molecule has 0 radical (unpaired) electrons. The Bertz CT molecular complexity index is 955. The molecule has 0 aliphatic rings. The Morgan fingerprint density at radius 3 is 2.38 bits per heavy atom. The summed E-state index contributed by atoms with van der Waals surface area (Å²) in [6.07, 6.45) is -1.44. The van der Waals surface area contributed by atoms with E-state index in [0.29, 0.717) is 0 Å². The monoisotopic (exact) mass is 382 g/mol. The molecular formula is C18H14ClF3N2O2. The Labute approximate surface area is 152 Å². The summed E-state index contributed by atoms with van der Waals surface area (Å²) < 4.78 is 48.3. The second kappa shape index (κ2) is 7.01. The first kappa shape index (κ1) is 18.3. The van der Waals surface area contributed by atoms with E-state index in [1.807, 2.05) is 0 Å². The van der Waals surface area contributed by atoms with Crippen molar-refractivity contribution in [2.24, 2.45) is 7.05 Å². The first-order valence-corrected chi connectivity index (χ1v) is 7.91. The van der Waals surface area contributed by atoms with Crippen LogP contribution in [0, 0.1) is 17.5 Å². The zero-order valence-corrected chi connectivity index (χ0v) is 14.6. The number of nitrogens with zero attached hydrogens (tertiary/aromatic N) is 2. The highest BCUT2D eigenvalue weighted by atomic mass is 35.5. The maximum atomic E-state index is 14.3. The molecule has 0 saturated carbocycles. The van der Waals surface area contributed by atoms with Gasteiger partial charge < -0.3 is 9.84 Å². The minimum atomic E-state index is -1.44. The fourth-order valence-electron chi connectivity index (χ4n) is 2.81. The third-order valence-corrected chi connectivity index (χ3v) is 4.30. The van der Waals surface area contributed by atoms with Crippen molar-refractivity contribution in [2.45, 2.75) is 6.10 Å². The fraction of sp³-hybridized carbons (Fsp3) is 0.167. The average molecular weight is 383 g/mol. The molecule has 0 amide bonds. The number of aromatic nitrogens is 2. The molecule has 0 bridgehead atoms. The molecule has 1 heterocycles. The molecule has 0 aliphatic carbocycles. The molecule has 3 aromatic rings. The van der Waals surface area contributed by atoms with Gasteiger partial charge in [0.2, 0.25) is 5.88 Å². The third kappa shape index (κ3) is 3.04. The highest BCUT2D eigenvalue weighted by Gasteiger charge is 2.30. The van der Waals surface area contributed by atoms with Crippen LogP contribution in [0.4, 0.5) is 13.2 Å². The van der Waals surface area contributed by atoms with Gasteiger partial charge in [-0.05, 0) is 24.3 Å². The summed E-state index contributed by atoms with van der Waals surface area (Å²) in [6.45, 7) is 0. The largest absolute Gasteiger partial charge is 0.480 e. The minimum Gasteiger partial charge on any atom is -0.480 e. The van der Waals surface area contributed by atoms with Gasteiger partial charge in [0, 0.05) is 17.6 Å². The molecule has 0 aliphatic heterocycles. The fourth-order valence-corrected chi connectivity index (χ4v) is 3.08. The Morgan fingerprint density at radius 1 is 1.15 bits per heavy atom. The van der Waals surface area contributed by atoms with Crippen LogP contribution < -0.4 is 4.74 Å². The van der Waals surface area contributed by atoms with E-state index >= 15 is 0 Å². The van der Waals surface area contributed by atoms with E-state index in [1.165, 1.54) is 31.0 Å². The molecule has 0 saturated heterocycles. The number of rotatable bonds is 4. The summed E-state index contributed by atoms with van der Waals surface area (Å²) in [5.74, 6) is -2.26. The summed E-state index contributed by atoms with van der Waals surface area (Å²) >= 11 is 6.02. The predicted octanol–water partition coefficient (Wildman–Crippen LogP) is 4.25. The minimum absolute atomic E-state index is 0.00894. The highest BCUT2D eigenvalue weighted by molar-refractivity contribution is 6.31. The molecule has 26 heavy (non-hydrogen) atoms. The van der Waals surface area contributed by atoms with Crippen LogP contribution in [-0.2, 0) is 7.05 Å². The molecule has 1 atom stereocenters. The Hall–Kier alpha value is -2.51. The van der Waals surface area contributed by atoms with Crippen molar-refractivity contribution in [3.05, 3.63) is 70.0 Å². The standard InChI is InChI=1S/C18H14ClF3N2O2/c1-24-16(14-12(21)4-3-5-13(14)22)15(18(23-24)26-2)17(25)10-7-6-9(20)8-11(10)19/h3-8,17,25H,1-2H3. The number of aryl methyl sites for hydroxylation is 1. The van der Waals surface area contributed by atoms with Gasteiger partial charge in [-0.1, -0.05) is 23.7 Å². The van der Waals surface area contributed by atoms with E-state index in [4.69, 9.17) is 16.3 Å². The van der Waals surface area contributed by atoms with Crippen LogP contribution >= 0.6 is 11.6 Å². The van der Waals surface area contributed by atoms with Crippen LogP contribution in [0.2, 0.25) is 5.02 Å². The van der Waals surface area contributed by atoms with E-state index in [1.54, 1.807) is 0 Å². The van der Waals surface area contributed by atoms with E-state index in [9.17, 15) is 18.3 Å². The molecule has 2 aromatic carbocycles. The van der Waals surface area contributed by atoms with Gasteiger partial charge >= 0.3 is 0 Å². The summed E-state index contributed by atoms with van der Waals surface area (Å²) in [5.41, 5.74) is -0.201. The van der Waals surface area contributed by atoms with Gasteiger partial charge in [-0.25, -0.2) is 13.2 Å². The van der Waals surface area contributed by atoms with Crippen molar-refractivity contribution in [3.63, 3.8) is 0 Å². The van der Waals surface area contributed by atoms with Gasteiger partial charge in [-0.2, -0.15) is 0 Å². The van der Waals surface area contributed by atoms with Gasteiger partial charge in [-0.3, -0.25) is 4.68 Å². The summed E-state index contributed by atoms with van der Waals surface area (Å²) in [4.78, 5) is 0. The molecule has 1 unspecified atom stereocenters. The molecule has 8 heteroatoms. The lowest BCUT2D eigenvalue weighted by molar-refractivity contribution is 0.215. The molecule has 0 spiro atoms. The van der Waals surface area contributed by atoms with Crippen molar-refractivity contribution < 1.29 is 23.0 Å². The number of ether oxygens (including phenoxy) is 1. The van der Waals surface area contributed by atoms with Gasteiger partial charge in [0.05, 0.1) is 23.9 Å². The van der Waals surface area contributed by atoms with Crippen LogP contribution in [0.15, 0.2) is 36.4 Å². The number of halogens is 4. The molecule has 0 fully saturated rings. The van der Waals surface area contributed by atoms with Crippen LogP contribution in [0.3, 0.4) is 0 Å². The van der Waals surface area contributed by atoms with Crippen LogP contribution in [0.5, 0.6) is 5.88 Å². The van der Waals surface area contributed by atoms with Crippen LogP contribution in [0.1, 0.15) is 17.2 Å². The number of hydrogen-bond donors (Lipinski definition) is 1. The van der Waals surface area contributed by atoms with Gasteiger partial charge in [0.1, 0.15) is 23.6 Å². The van der Waals surface area contributed by atoms with Crippen molar-refractivity contribution in [1.29, 1.82) is 0 Å². The quantitative estimate of drug-likeness (QED) is 0.734. The summed E-state index contributed by atoms with van der Waals surface area (Å²) in [5, 5.41) is 14.9. The lowest BCUT2D eigenvalue weighted by Crippen LogP contribution is -2.06. The first-order chi connectivity index (χ1) is 12.3. The van der Waals surface area contributed by atoms with Crippen molar-refractivity contribution in [2.75, 3.05) is 7.11 Å². The maximum Gasteiger partial charge on any atom is 0.239 e. The van der Waals surface area contributed by atoms with Crippen molar-refractivity contribution in [3.8, 4) is 17.1 Å². The van der Waals surface area contributed by atoms with Gasteiger partial charge in [-0.15, -0.1) is 5.10 Å². The molecule has 4 nitrogen and oxygen atoms in total. The topological polar surface area (TPSA) is 47.3 Å². The van der Waals surface area contributed by atoms with E-state index in [2.05, 4.69) is 5.10 Å². The number of methoxy groups -OCH3 is 1. The average Bonchev–Trinajstić information content (AvgIpc) is 2.91. The second-order valence-corrected chi connectivity index (χ2v) is 5.97. The van der Waals surface area contributed by atoms with Crippen molar-refractivity contribution >= 4 is 11.6 Å². The van der Waals surface area contributed by atoms with Gasteiger partial charge in [0.25, 0.3) is 0 Å². The number of hydrogen-bond acceptors (Lipinski definition) is 3. The zero-order chi connectivity index (χ0) is 19.0. The second-order valence-electron chi connectivity index (χ2n) is 5.56. The smallest absolute Gasteiger partial charge is 0.239 e. The Morgan fingerprint density at radius 2 is 1.81 bits per heavy atom. The SMILES string of the molecule is COc1nn(C)c(-c2c(F)cccc2F)c1C(O)c1ccc(F)cc1Cl. The highest BCUT2D eigenvalue weighted by Crippen LogP contribution is 2.41. The van der Waals surface area contributed by atoms with Crippen LogP contribution in [0.25, 0.3) is 11.3 Å². The maximum absolute atomic E-state index is 14.3. The van der Waals surface area contributed by atoms with E-state index in [0.717, 1.165) is 24.3 Å². The third-order valence-electron chi connectivity index (χ3n) is 3.97. The molecular weight excluding hydrogens is 369 g/mol.